The summed E-state index contributed by atoms with van der Waals surface area (Å²) in [6.07, 6.45) is 3.43. The van der Waals surface area contributed by atoms with Gasteiger partial charge < -0.3 is 10.1 Å². The van der Waals surface area contributed by atoms with Crippen LogP contribution in [0, 0.1) is 13.8 Å². The molecule has 0 atom stereocenters. The largest absolute Gasteiger partial charge is 0.496 e. The number of unbranched alkanes of at least 4 members (excludes halogenated alkanes) is 1. The number of carbonyl (C=O) groups excluding carboxylic acids is 1. The molecule has 1 aromatic heterocycles. The molecule has 3 aromatic carbocycles. The summed E-state index contributed by atoms with van der Waals surface area (Å²) < 4.78 is 5.38. The predicted octanol–water partition coefficient (Wildman–Crippen LogP) is 5.52. The smallest absolute Gasteiger partial charge is 0.261 e. The van der Waals surface area contributed by atoms with Gasteiger partial charge in [0.05, 0.1) is 18.4 Å². The van der Waals surface area contributed by atoms with Gasteiger partial charge in [0.1, 0.15) is 16.8 Å². The van der Waals surface area contributed by atoms with E-state index in [-0.39, 0.29) is 11.0 Å². The topological polar surface area (TPSA) is 81.1 Å². The van der Waals surface area contributed by atoms with Crippen molar-refractivity contribution in [2.75, 3.05) is 12.4 Å². The number of rotatable bonds is 7. The van der Waals surface area contributed by atoms with Crippen molar-refractivity contribution in [1.82, 2.24) is 20.3 Å². The normalized spacial score (nSPS) is 10.9. The summed E-state index contributed by atoms with van der Waals surface area (Å²) in [4.78, 5) is 14.4. The van der Waals surface area contributed by atoms with Crippen LogP contribution in [0.25, 0.3) is 16.7 Å². The Labute approximate surface area is 210 Å². The summed E-state index contributed by atoms with van der Waals surface area (Å²) >= 11 is 5.41. The minimum absolute atomic E-state index is 0.191. The summed E-state index contributed by atoms with van der Waals surface area (Å²) in [6, 6.07) is 17.6. The number of para-hydroxylation sites is 1. The molecule has 0 aliphatic carbocycles. The van der Waals surface area contributed by atoms with Gasteiger partial charge in [-0.15, -0.1) is 10.2 Å². The Bertz CT molecular complexity index is 1380. The van der Waals surface area contributed by atoms with Crippen molar-refractivity contribution < 1.29 is 9.53 Å². The van der Waals surface area contributed by atoms with Crippen LogP contribution < -0.4 is 15.4 Å². The zero-order chi connectivity index (χ0) is 24.9. The van der Waals surface area contributed by atoms with Crippen LogP contribution in [0.2, 0.25) is 0 Å². The lowest BCUT2D eigenvalue weighted by Crippen LogP contribution is -2.34. The first-order valence-corrected chi connectivity index (χ1v) is 12.0. The molecule has 4 aromatic rings. The number of hydrogen-bond acceptors (Lipinski definition) is 5. The molecule has 1 amide bonds. The van der Waals surface area contributed by atoms with E-state index in [0.717, 1.165) is 40.0 Å². The van der Waals surface area contributed by atoms with Crippen LogP contribution in [0.5, 0.6) is 5.75 Å². The fourth-order valence-electron chi connectivity index (χ4n) is 3.92. The highest BCUT2D eigenvalue weighted by Crippen LogP contribution is 2.24. The number of hydrogen-bond donors (Lipinski definition) is 2. The number of benzene rings is 3. The lowest BCUT2D eigenvalue weighted by Gasteiger charge is -2.14. The molecule has 0 spiro atoms. The quantitative estimate of drug-likeness (QED) is 0.334. The van der Waals surface area contributed by atoms with Crippen LogP contribution in [0.3, 0.4) is 0 Å². The molecule has 8 heteroatoms. The fraction of sp³-hybridized carbons (Fsp3) is 0.259. The number of methoxy groups -OCH3 is 1. The predicted molar refractivity (Wildman–Crippen MR) is 144 cm³/mol. The molecular weight excluding hydrogens is 458 g/mol. The highest BCUT2D eigenvalue weighted by Gasteiger charge is 2.16. The molecule has 35 heavy (non-hydrogen) atoms. The monoisotopic (exact) mass is 487 g/mol. The Balaban J connectivity index is 1.50. The van der Waals surface area contributed by atoms with E-state index in [1.165, 1.54) is 18.4 Å². The average molecular weight is 488 g/mol. The Morgan fingerprint density at radius 1 is 1.03 bits per heavy atom. The number of aryl methyl sites for hydroxylation is 3. The van der Waals surface area contributed by atoms with Gasteiger partial charge in [-0.1, -0.05) is 37.6 Å². The van der Waals surface area contributed by atoms with Crippen molar-refractivity contribution in [1.29, 1.82) is 0 Å². The lowest BCUT2D eigenvalue weighted by molar-refractivity contribution is 0.0974. The third-order valence-electron chi connectivity index (χ3n) is 5.85. The van der Waals surface area contributed by atoms with Gasteiger partial charge in [-0.2, -0.15) is 4.80 Å². The van der Waals surface area contributed by atoms with Crippen molar-refractivity contribution in [3.05, 3.63) is 76.9 Å². The number of fused-ring (bicyclic) bond motifs is 1. The lowest BCUT2D eigenvalue weighted by atomic mass is 10.1. The van der Waals surface area contributed by atoms with E-state index in [0.29, 0.717) is 11.3 Å². The fourth-order valence-corrected chi connectivity index (χ4v) is 4.12. The van der Waals surface area contributed by atoms with E-state index < -0.39 is 0 Å². The number of carbonyl (C=O) groups is 1. The van der Waals surface area contributed by atoms with Crippen LogP contribution >= 0.6 is 12.2 Å². The van der Waals surface area contributed by atoms with Gasteiger partial charge >= 0.3 is 0 Å². The molecule has 0 unspecified atom stereocenters. The van der Waals surface area contributed by atoms with Crippen LogP contribution in [0.4, 0.5) is 5.69 Å². The molecule has 180 valence electrons. The van der Waals surface area contributed by atoms with Gasteiger partial charge in [-0.3, -0.25) is 10.1 Å². The molecule has 0 radical (unpaired) electrons. The van der Waals surface area contributed by atoms with Crippen molar-refractivity contribution in [2.24, 2.45) is 0 Å². The van der Waals surface area contributed by atoms with Gasteiger partial charge in [-0.25, -0.2) is 0 Å². The third-order valence-corrected chi connectivity index (χ3v) is 6.05. The number of nitrogens with one attached hydrogen (secondary N) is 2. The average Bonchev–Trinajstić information content (AvgIpc) is 3.25. The van der Waals surface area contributed by atoms with Crippen LogP contribution in [0.1, 0.15) is 46.8 Å². The second kappa shape index (κ2) is 10.7. The highest BCUT2D eigenvalue weighted by atomic mass is 32.1. The zero-order valence-electron chi connectivity index (χ0n) is 20.4. The SMILES string of the molecule is CCCCc1ccc(-n2nc3cc(C)c(NC(=S)NC(=O)c4cccc(C)c4OC)cc3n2)cc1. The first-order chi connectivity index (χ1) is 16.9. The maximum Gasteiger partial charge on any atom is 0.261 e. The summed E-state index contributed by atoms with van der Waals surface area (Å²) in [5.41, 5.74) is 6.71. The minimum Gasteiger partial charge on any atom is -0.496 e. The maximum atomic E-state index is 12.8. The number of anilines is 1. The van der Waals surface area contributed by atoms with Crippen molar-refractivity contribution in [3.8, 4) is 11.4 Å². The molecule has 0 aliphatic heterocycles. The van der Waals surface area contributed by atoms with E-state index in [4.69, 9.17) is 17.0 Å². The molecule has 1 heterocycles. The Morgan fingerprint density at radius 2 is 1.74 bits per heavy atom. The van der Waals surface area contributed by atoms with Gasteiger partial charge in [0.25, 0.3) is 5.91 Å². The first-order valence-electron chi connectivity index (χ1n) is 11.6. The van der Waals surface area contributed by atoms with Crippen LogP contribution in [0.15, 0.2) is 54.6 Å². The van der Waals surface area contributed by atoms with Gasteiger partial charge in [0.2, 0.25) is 0 Å². The molecule has 0 aliphatic rings. The van der Waals surface area contributed by atoms with Crippen LogP contribution in [-0.2, 0) is 6.42 Å². The van der Waals surface area contributed by atoms with E-state index >= 15 is 0 Å². The molecule has 4 rings (SSSR count). The van der Waals surface area contributed by atoms with Gasteiger partial charge in [0.15, 0.2) is 5.11 Å². The summed E-state index contributed by atoms with van der Waals surface area (Å²) in [5, 5.41) is 15.3. The Hall–Kier alpha value is -3.78. The number of amides is 1. The third kappa shape index (κ3) is 5.49. The standard InChI is InChI=1S/C27H29N5O2S/c1-5-6-9-19-11-13-20(14-12-19)32-30-23-15-18(3)22(16-24(23)31-32)28-27(35)29-26(33)21-10-7-8-17(2)25(21)34-4/h7-8,10-16H,5-6,9H2,1-4H3,(H2,28,29,33,35). The minimum atomic E-state index is -0.338. The summed E-state index contributed by atoms with van der Waals surface area (Å²) in [6.45, 7) is 6.04. The van der Waals surface area contributed by atoms with Gasteiger partial charge in [-0.05, 0) is 85.9 Å². The highest BCUT2D eigenvalue weighted by molar-refractivity contribution is 7.80. The summed E-state index contributed by atoms with van der Waals surface area (Å²) in [5.74, 6) is 0.190. The molecule has 0 saturated heterocycles. The van der Waals surface area contributed by atoms with E-state index in [1.807, 2.05) is 50.2 Å². The molecule has 7 nitrogen and oxygen atoms in total. The van der Waals surface area contributed by atoms with E-state index in [2.05, 4.69) is 39.9 Å². The molecule has 0 fully saturated rings. The second-order valence-electron chi connectivity index (χ2n) is 8.48. The summed E-state index contributed by atoms with van der Waals surface area (Å²) in [7, 11) is 1.54. The van der Waals surface area contributed by atoms with Crippen molar-refractivity contribution in [2.45, 2.75) is 40.0 Å². The second-order valence-corrected chi connectivity index (χ2v) is 8.89. The number of nitrogens with zero attached hydrogens (tertiary/aromatic N) is 3. The van der Waals surface area contributed by atoms with Crippen LogP contribution in [-0.4, -0.2) is 33.1 Å². The Kier molecular flexibility index (Phi) is 7.41. The number of ether oxygens (including phenoxy) is 1. The van der Waals surface area contributed by atoms with Gasteiger partial charge in [0, 0.05) is 5.69 Å². The maximum absolute atomic E-state index is 12.8. The molecule has 0 saturated carbocycles. The first kappa shape index (κ1) is 24.3. The molecular formula is C27H29N5O2S. The van der Waals surface area contributed by atoms with Crippen molar-refractivity contribution in [3.63, 3.8) is 0 Å². The Morgan fingerprint density at radius 3 is 2.43 bits per heavy atom. The van der Waals surface area contributed by atoms with E-state index in [1.54, 1.807) is 18.0 Å². The number of thiocarbonyl (C=S) groups is 1. The molecule has 2 N–H and O–H groups in total. The number of aromatic nitrogens is 3. The molecule has 0 bridgehead atoms. The van der Waals surface area contributed by atoms with E-state index in [9.17, 15) is 4.79 Å². The zero-order valence-corrected chi connectivity index (χ0v) is 21.2. The van der Waals surface area contributed by atoms with Crippen molar-refractivity contribution >= 4 is 40.0 Å².